The molecule has 27 heteroatoms. The van der Waals surface area contributed by atoms with Crippen molar-refractivity contribution in [1.82, 2.24) is 36.4 Å². The molecular weight excluding hydrogens is 979 g/mol. The number of aliphatic imine (C=N–C) groups is 1. The summed E-state index contributed by atoms with van der Waals surface area (Å²) in [5, 5.41) is 44.9. The molecule has 1 aromatic carbocycles. The Hall–Kier alpha value is -6.39. The van der Waals surface area contributed by atoms with E-state index in [1.165, 1.54) is 28.0 Å². The number of fused-ring (bicyclic) bond motifs is 1. The number of benzene rings is 1. The van der Waals surface area contributed by atoms with Gasteiger partial charge in [0.2, 0.25) is 41.4 Å². The molecular formula is C45H65N13O12S2. The number of anilines is 1. The molecule has 72 heavy (non-hydrogen) atoms. The molecule has 8 atom stereocenters. The van der Waals surface area contributed by atoms with Crippen LogP contribution in [0.5, 0.6) is 0 Å². The van der Waals surface area contributed by atoms with Crippen LogP contribution in [0.3, 0.4) is 0 Å². The molecule has 1 aromatic heterocycles. The Bertz CT molecular complexity index is 2290. The van der Waals surface area contributed by atoms with Crippen LogP contribution < -0.4 is 54.4 Å². The first-order valence-corrected chi connectivity index (χ1v) is 25.4. The van der Waals surface area contributed by atoms with Gasteiger partial charge in [-0.2, -0.15) is 0 Å². The van der Waals surface area contributed by atoms with Crippen LogP contribution in [0.25, 0.3) is 0 Å². The summed E-state index contributed by atoms with van der Waals surface area (Å²) in [6.07, 6.45) is 1.29. The van der Waals surface area contributed by atoms with E-state index in [0.717, 1.165) is 9.80 Å². The number of nitrogens with two attached hydrogens (primary N) is 4. The molecule has 25 nitrogen and oxygen atoms in total. The normalized spacial score (nSPS) is 20.2. The molecule has 0 spiro atoms. The van der Waals surface area contributed by atoms with E-state index in [2.05, 4.69) is 31.6 Å². The molecule has 1 unspecified atom stereocenters. The Morgan fingerprint density at radius 2 is 1.62 bits per heavy atom. The van der Waals surface area contributed by atoms with E-state index in [0.29, 0.717) is 54.1 Å². The Kier molecular flexibility index (Phi) is 21.5. The van der Waals surface area contributed by atoms with Crippen molar-refractivity contribution in [3.8, 4) is 0 Å². The summed E-state index contributed by atoms with van der Waals surface area (Å²) in [4.78, 5) is 130. The van der Waals surface area contributed by atoms with Crippen molar-refractivity contribution in [2.45, 2.75) is 111 Å². The lowest BCUT2D eigenvalue weighted by atomic mass is 10.1. The summed E-state index contributed by atoms with van der Waals surface area (Å²) in [7, 11) is 0. The number of aliphatic hydroxyl groups excluding tert-OH is 2. The number of carbonyl (C=O) groups excluding carboxylic acids is 8. The summed E-state index contributed by atoms with van der Waals surface area (Å²) in [6, 6.07) is 1.54. The van der Waals surface area contributed by atoms with Crippen molar-refractivity contribution in [2.75, 3.05) is 56.5 Å². The van der Waals surface area contributed by atoms with E-state index < -0.39 is 121 Å². The van der Waals surface area contributed by atoms with Gasteiger partial charge in [-0.25, -0.2) is 0 Å². The van der Waals surface area contributed by atoms with Crippen LogP contribution in [0, 0.1) is 0 Å². The van der Waals surface area contributed by atoms with Gasteiger partial charge in [0.15, 0.2) is 5.96 Å². The van der Waals surface area contributed by atoms with Crippen molar-refractivity contribution in [3.63, 3.8) is 0 Å². The lowest BCUT2D eigenvalue weighted by Gasteiger charge is -2.33. The summed E-state index contributed by atoms with van der Waals surface area (Å²) in [5.74, 6) is -7.37. The maximum atomic E-state index is 14.2. The van der Waals surface area contributed by atoms with E-state index in [4.69, 9.17) is 22.9 Å². The third-order valence-corrected chi connectivity index (χ3v) is 14.2. The summed E-state index contributed by atoms with van der Waals surface area (Å²) >= 11 is 2.48. The predicted molar refractivity (Wildman–Crippen MR) is 265 cm³/mol. The number of carboxylic acid groups (broad SMARTS) is 1. The maximum Gasteiger partial charge on any atom is 0.323 e. The fourth-order valence-corrected chi connectivity index (χ4v) is 10.4. The van der Waals surface area contributed by atoms with E-state index in [-0.39, 0.29) is 57.0 Å². The number of aliphatic hydroxyl groups is 2. The minimum Gasteiger partial charge on any atom is -0.480 e. The number of nitrogens with one attached hydrogen (secondary N) is 5. The second-order valence-corrected chi connectivity index (χ2v) is 19.6. The highest BCUT2D eigenvalue weighted by Crippen LogP contribution is 2.34. The van der Waals surface area contributed by atoms with Gasteiger partial charge < -0.3 is 74.6 Å². The second-order valence-electron chi connectivity index (χ2n) is 17.5. The van der Waals surface area contributed by atoms with E-state index >= 15 is 0 Å². The third-order valence-electron chi connectivity index (χ3n) is 12.2. The quantitative estimate of drug-likeness (QED) is 0.0256. The van der Waals surface area contributed by atoms with Crippen molar-refractivity contribution < 1.29 is 58.5 Å². The molecule has 394 valence electrons. The number of carbonyl (C=O) groups is 9. The zero-order chi connectivity index (χ0) is 52.5. The number of hydrogen-bond donors (Lipinski definition) is 12. The first kappa shape index (κ1) is 56.5. The molecule has 4 heterocycles. The molecule has 16 N–H and O–H groups in total. The number of rotatable bonds is 25. The molecule has 5 rings (SSSR count). The van der Waals surface area contributed by atoms with Gasteiger partial charge in [-0.1, -0.05) is 24.6 Å². The Balaban J connectivity index is 1.21. The van der Waals surface area contributed by atoms with Crippen LogP contribution in [-0.4, -0.2) is 184 Å². The average molecular weight is 1040 g/mol. The Morgan fingerprint density at radius 1 is 0.875 bits per heavy atom. The van der Waals surface area contributed by atoms with Gasteiger partial charge in [0.1, 0.15) is 42.8 Å². The van der Waals surface area contributed by atoms with Gasteiger partial charge >= 0.3 is 5.97 Å². The van der Waals surface area contributed by atoms with Gasteiger partial charge in [0.05, 0.1) is 31.0 Å². The highest BCUT2D eigenvalue weighted by Gasteiger charge is 2.46. The molecule has 2 fully saturated rings. The molecule has 0 radical (unpaired) electrons. The number of guanidine groups is 1. The number of amides is 8. The lowest BCUT2D eigenvalue weighted by Crippen LogP contribution is -2.59. The number of para-hydroxylation sites is 1. The Labute approximate surface area is 423 Å². The number of nitrogens with zero attached hydrogens (tertiary/aromatic N) is 4. The predicted octanol–water partition coefficient (Wildman–Crippen LogP) is -3.98. The molecule has 3 aliphatic rings. The van der Waals surface area contributed by atoms with Crippen LogP contribution in [-0.2, 0) is 49.6 Å². The highest BCUT2D eigenvalue weighted by atomic mass is 32.2. The number of likely N-dealkylation sites (tertiary alicyclic amines) is 2. The minimum absolute atomic E-state index is 0.00864. The number of aliphatic carboxylic acids is 1. The number of β-amino-alcohol motifs (C(OH)–C–C–N with tert-alkyl or cyclic N) is 1. The van der Waals surface area contributed by atoms with E-state index in [1.807, 2.05) is 0 Å². The molecule has 3 aliphatic heterocycles. The van der Waals surface area contributed by atoms with Crippen molar-refractivity contribution in [2.24, 2.45) is 27.9 Å². The largest absolute Gasteiger partial charge is 0.480 e. The van der Waals surface area contributed by atoms with Crippen molar-refractivity contribution >= 4 is 88.0 Å². The molecule has 2 saturated heterocycles. The number of hydrogen-bond acceptors (Lipinski definition) is 16. The second kappa shape index (κ2) is 27.4. The monoisotopic (exact) mass is 1040 g/mol. The molecule has 8 amide bonds. The average Bonchev–Trinajstić information content (AvgIpc) is 4.14. The topological polar surface area (TPSA) is 401 Å². The van der Waals surface area contributed by atoms with Crippen LogP contribution in [0.2, 0.25) is 0 Å². The zero-order valence-corrected chi connectivity index (χ0v) is 41.2. The van der Waals surface area contributed by atoms with Crippen LogP contribution >= 0.6 is 23.1 Å². The van der Waals surface area contributed by atoms with Crippen LogP contribution in [0.4, 0.5) is 5.69 Å². The van der Waals surface area contributed by atoms with Crippen molar-refractivity contribution in [3.05, 3.63) is 46.7 Å². The zero-order valence-electron chi connectivity index (χ0n) is 39.6. The van der Waals surface area contributed by atoms with Gasteiger partial charge in [0, 0.05) is 48.0 Å². The highest BCUT2D eigenvalue weighted by molar-refractivity contribution is 7.99. The van der Waals surface area contributed by atoms with Gasteiger partial charge in [-0.3, -0.25) is 53.0 Å². The fraction of sp³-hybridized carbons (Fsp3) is 0.556. The smallest absolute Gasteiger partial charge is 0.323 e. The first-order chi connectivity index (χ1) is 34.4. The number of unbranched alkanes of at least 4 members (excludes halogenated alkanes) is 1. The molecule has 0 aliphatic carbocycles. The minimum atomic E-state index is -1.62. The van der Waals surface area contributed by atoms with Gasteiger partial charge in [0.25, 0.3) is 5.91 Å². The van der Waals surface area contributed by atoms with Crippen LogP contribution in [0.15, 0.2) is 51.7 Å². The van der Waals surface area contributed by atoms with Gasteiger partial charge in [-0.15, -0.1) is 23.1 Å². The van der Waals surface area contributed by atoms with Crippen LogP contribution in [0.1, 0.15) is 56.2 Å². The van der Waals surface area contributed by atoms with E-state index in [9.17, 15) is 58.5 Å². The van der Waals surface area contributed by atoms with E-state index in [1.54, 1.807) is 41.8 Å². The van der Waals surface area contributed by atoms with Gasteiger partial charge in [-0.05, 0) is 68.6 Å². The standard InChI is InChI=1S/C45H65N13O12S2/c46-14-4-3-9-27(47)38(64)53-28(10-5-15-50-45(48)49)42(68)56-16-6-12-33(56)44(70)57-21-25(60)18-34(57)41(67)51-20-36(61)52-29(19-26-8-7-17-71-26)39(65)54-30(23-59)40(66)55-31-24-72-35-13-2-1-11-32(35)58(43(31)69)22-37(62)63/h1-2,7-8,11,13,17,25,27-31,33-34,59-60H,3-6,9-10,12,14-16,18-24,46-47H2,(H,51,67)(H,52,61)(H,53,64)(H,54,65)(H,55,66)(H,62,63)(H4,48,49,50)/t25?,27-,28-,29-,30-,31+,33-,34-/m0/s1. The fourth-order valence-electron chi connectivity index (χ4n) is 8.53. The lowest BCUT2D eigenvalue weighted by molar-refractivity contribution is -0.148. The SMILES string of the molecule is NCCCC[C@H](N)C(=O)N[C@@H](CCCN=C(N)N)C(=O)N1CCC[C@H]1C(=O)N1CC(O)C[C@H]1C(=O)NCC(=O)N[C@@H](Cc1cccs1)C(=O)N[C@@H](CO)C(=O)N[C@@H]1CSc2ccccc2N(CC(=O)O)C1=O. The molecule has 0 bridgehead atoms. The third kappa shape index (κ3) is 15.8. The maximum absolute atomic E-state index is 14.2. The molecule has 2 aromatic rings. The molecule has 0 saturated carbocycles. The summed E-state index contributed by atoms with van der Waals surface area (Å²) < 4.78 is 0. The number of carboxylic acids is 1. The summed E-state index contributed by atoms with van der Waals surface area (Å²) in [6.45, 7) is -1.78. The Morgan fingerprint density at radius 3 is 2.32 bits per heavy atom. The summed E-state index contributed by atoms with van der Waals surface area (Å²) in [5.41, 5.74) is 23.0. The number of thiophene rings is 1. The number of thioether (sulfide) groups is 1. The van der Waals surface area contributed by atoms with Crippen molar-refractivity contribution in [1.29, 1.82) is 0 Å². The first-order valence-electron chi connectivity index (χ1n) is 23.6.